The molecule has 106 valence electrons. The van der Waals surface area contributed by atoms with Crippen LogP contribution in [0.15, 0.2) is 18.3 Å². The van der Waals surface area contributed by atoms with Crippen molar-refractivity contribution in [1.82, 2.24) is 4.98 Å². The van der Waals surface area contributed by atoms with Crippen molar-refractivity contribution in [3.8, 4) is 0 Å². The Morgan fingerprint density at radius 3 is 2.63 bits per heavy atom. The molecule has 5 nitrogen and oxygen atoms in total. The maximum absolute atomic E-state index is 11.4. The van der Waals surface area contributed by atoms with Gasteiger partial charge in [0.25, 0.3) is 0 Å². The van der Waals surface area contributed by atoms with E-state index in [1.54, 1.807) is 12.3 Å². The first-order valence-electron chi connectivity index (χ1n) is 5.97. The minimum absolute atomic E-state index is 0.0445. The van der Waals surface area contributed by atoms with E-state index in [-0.39, 0.29) is 12.0 Å². The molecule has 0 saturated carbocycles. The summed E-state index contributed by atoms with van der Waals surface area (Å²) in [6, 6.07) is 3.71. The SMILES string of the molecule is CC(C)(C)c1ccc(NC(=O)OCCOCI)nc1. The van der Waals surface area contributed by atoms with Crippen LogP contribution in [0.4, 0.5) is 10.6 Å². The minimum Gasteiger partial charge on any atom is -0.447 e. The summed E-state index contributed by atoms with van der Waals surface area (Å²) in [4.78, 5) is 15.6. The van der Waals surface area contributed by atoms with Gasteiger partial charge in [-0.2, -0.15) is 0 Å². The van der Waals surface area contributed by atoms with Gasteiger partial charge in [0.1, 0.15) is 12.4 Å². The summed E-state index contributed by atoms with van der Waals surface area (Å²) in [7, 11) is 0. The van der Waals surface area contributed by atoms with Crippen molar-refractivity contribution in [2.24, 2.45) is 0 Å². The zero-order valence-corrected chi connectivity index (χ0v) is 13.6. The molecular weight excluding hydrogens is 359 g/mol. The first-order valence-corrected chi connectivity index (χ1v) is 7.50. The van der Waals surface area contributed by atoms with E-state index in [1.165, 1.54) is 0 Å². The summed E-state index contributed by atoms with van der Waals surface area (Å²) in [5.74, 6) is 0.479. The van der Waals surface area contributed by atoms with Gasteiger partial charge in [0, 0.05) is 6.20 Å². The van der Waals surface area contributed by atoms with Gasteiger partial charge in [0.05, 0.1) is 11.2 Å². The molecule has 1 rings (SSSR count). The second-order valence-electron chi connectivity index (χ2n) is 4.96. The zero-order valence-electron chi connectivity index (χ0n) is 11.4. The number of anilines is 1. The van der Waals surface area contributed by atoms with Crippen LogP contribution in [0.1, 0.15) is 26.3 Å². The van der Waals surface area contributed by atoms with Crippen molar-refractivity contribution in [1.29, 1.82) is 0 Å². The lowest BCUT2D eigenvalue weighted by atomic mass is 9.88. The lowest BCUT2D eigenvalue weighted by Crippen LogP contribution is -2.18. The minimum atomic E-state index is -0.520. The van der Waals surface area contributed by atoms with Gasteiger partial charge in [0.15, 0.2) is 0 Å². The van der Waals surface area contributed by atoms with Gasteiger partial charge in [-0.25, -0.2) is 9.78 Å². The largest absolute Gasteiger partial charge is 0.447 e. The second kappa shape index (κ2) is 7.64. The van der Waals surface area contributed by atoms with E-state index < -0.39 is 6.09 Å². The Labute approximate surface area is 127 Å². The van der Waals surface area contributed by atoms with Gasteiger partial charge in [-0.05, 0) is 17.0 Å². The van der Waals surface area contributed by atoms with Crippen LogP contribution in [0.2, 0.25) is 0 Å². The molecule has 1 aromatic heterocycles. The monoisotopic (exact) mass is 378 g/mol. The molecule has 1 amide bonds. The number of halogens is 1. The van der Waals surface area contributed by atoms with E-state index >= 15 is 0 Å². The number of aromatic nitrogens is 1. The van der Waals surface area contributed by atoms with E-state index in [0.29, 0.717) is 17.0 Å². The van der Waals surface area contributed by atoms with Crippen LogP contribution in [-0.4, -0.2) is 28.9 Å². The summed E-state index contributed by atoms with van der Waals surface area (Å²) in [5, 5.41) is 2.57. The normalized spacial score (nSPS) is 11.2. The number of hydrogen-bond acceptors (Lipinski definition) is 4. The van der Waals surface area contributed by atoms with Crippen LogP contribution in [0.25, 0.3) is 0 Å². The molecule has 0 unspecified atom stereocenters. The highest BCUT2D eigenvalue weighted by atomic mass is 127. The fourth-order valence-corrected chi connectivity index (χ4v) is 1.61. The van der Waals surface area contributed by atoms with Crippen molar-refractivity contribution in [2.45, 2.75) is 26.2 Å². The maximum Gasteiger partial charge on any atom is 0.412 e. The van der Waals surface area contributed by atoms with E-state index in [9.17, 15) is 4.79 Å². The molecule has 1 N–H and O–H groups in total. The van der Waals surface area contributed by atoms with Crippen LogP contribution in [0.5, 0.6) is 0 Å². The highest BCUT2D eigenvalue weighted by Crippen LogP contribution is 2.21. The fourth-order valence-electron chi connectivity index (χ4n) is 1.30. The van der Waals surface area contributed by atoms with Crippen molar-refractivity contribution < 1.29 is 14.3 Å². The molecule has 0 radical (unpaired) electrons. The van der Waals surface area contributed by atoms with Crippen LogP contribution in [0.3, 0.4) is 0 Å². The number of rotatable bonds is 5. The number of amides is 1. The van der Waals surface area contributed by atoms with E-state index in [4.69, 9.17) is 9.47 Å². The van der Waals surface area contributed by atoms with Crippen LogP contribution < -0.4 is 5.32 Å². The molecule has 0 bridgehead atoms. The number of pyridine rings is 1. The maximum atomic E-state index is 11.4. The smallest absolute Gasteiger partial charge is 0.412 e. The molecule has 1 heterocycles. The van der Waals surface area contributed by atoms with Crippen molar-refractivity contribution >= 4 is 34.5 Å². The van der Waals surface area contributed by atoms with Gasteiger partial charge in [-0.15, -0.1) is 0 Å². The van der Waals surface area contributed by atoms with Gasteiger partial charge in [-0.3, -0.25) is 5.32 Å². The first-order chi connectivity index (χ1) is 8.93. The number of carbonyl (C=O) groups excluding carboxylic acids is 1. The summed E-state index contributed by atoms with van der Waals surface area (Å²) in [5.41, 5.74) is 1.16. The standard InChI is InChI=1S/C13H19IN2O3/c1-13(2,3)10-4-5-11(15-8-10)16-12(17)19-7-6-18-9-14/h4-5,8H,6-7,9H2,1-3H3,(H,15,16,17). The molecule has 0 spiro atoms. The number of carbonyl (C=O) groups is 1. The average Bonchev–Trinajstić information content (AvgIpc) is 2.34. The predicted molar refractivity (Wildman–Crippen MR) is 82.7 cm³/mol. The molecule has 0 saturated heterocycles. The third-order valence-electron chi connectivity index (χ3n) is 2.40. The van der Waals surface area contributed by atoms with E-state index in [2.05, 4.69) is 53.7 Å². The fraction of sp³-hybridized carbons (Fsp3) is 0.538. The van der Waals surface area contributed by atoms with Gasteiger partial charge < -0.3 is 9.47 Å². The lowest BCUT2D eigenvalue weighted by Gasteiger charge is -2.18. The Balaban J connectivity index is 2.43. The molecule has 0 aliphatic rings. The Morgan fingerprint density at radius 1 is 1.37 bits per heavy atom. The Morgan fingerprint density at radius 2 is 2.11 bits per heavy atom. The van der Waals surface area contributed by atoms with Crippen LogP contribution in [0, 0.1) is 0 Å². The zero-order chi connectivity index (χ0) is 14.3. The molecule has 0 aliphatic heterocycles. The highest BCUT2D eigenvalue weighted by molar-refractivity contribution is 14.1. The molecule has 0 fully saturated rings. The Hall–Kier alpha value is -0.890. The van der Waals surface area contributed by atoms with Crippen molar-refractivity contribution in [3.63, 3.8) is 0 Å². The molecule has 1 aromatic rings. The molecule has 0 aliphatic carbocycles. The lowest BCUT2D eigenvalue weighted by molar-refractivity contribution is 0.104. The average molecular weight is 378 g/mol. The highest BCUT2D eigenvalue weighted by Gasteiger charge is 2.14. The number of hydrogen-bond donors (Lipinski definition) is 1. The summed E-state index contributed by atoms with van der Waals surface area (Å²) in [6.07, 6.45) is 1.24. The quantitative estimate of drug-likeness (QED) is 0.485. The summed E-state index contributed by atoms with van der Waals surface area (Å²) >= 11 is 2.08. The molecule has 0 atom stereocenters. The van der Waals surface area contributed by atoms with Crippen LogP contribution >= 0.6 is 22.6 Å². The third kappa shape index (κ3) is 6.20. The van der Waals surface area contributed by atoms with Gasteiger partial charge >= 0.3 is 6.09 Å². The molecule has 6 heteroatoms. The van der Waals surface area contributed by atoms with Crippen molar-refractivity contribution in [2.75, 3.05) is 23.1 Å². The van der Waals surface area contributed by atoms with Gasteiger partial charge in [0.2, 0.25) is 0 Å². The summed E-state index contributed by atoms with van der Waals surface area (Å²) in [6.45, 7) is 6.96. The molecular formula is C13H19IN2O3. The number of ether oxygens (including phenoxy) is 2. The number of nitrogens with one attached hydrogen (secondary N) is 1. The summed E-state index contributed by atoms with van der Waals surface area (Å²) < 4.78 is 10.6. The Kier molecular flexibility index (Phi) is 6.50. The topological polar surface area (TPSA) is 60.5 Å². The third-order valence-corrected chi connectivity index (χ3v) is 2.84. The van der Waals surface area contributed by atoms with E-state index in [1.807, 2.05) is 6.07 Å². The van der Waals surface area contributed by atoms with Gasteiger partial charge in [-0.1, -0.05) is 49.4 Å². The molecule has 0 aromatic carbocycles. The van der Waals surface area contributed by atoms with Crippen molar-refractivity contribution in [3.05, 3.63) is 23.9 Å². The van der Waals surface area contributed by atoms with E-state index in [0.717, 1.165) is 5.56 Å². The molecule has 19 heavy (non-hydrogen) atoms. The number of alkyl halides is 1. The number of nitrogens with zero attached hydrogens (tertiary/aromatic N) is 1. The first kappa shape index (κ1) is 16.2. The second-order valence-corrected chi connectivity index (χ2v) is 5.58. The predicted octanol–water partition coefficient (Wildman–Crippen LogP) is 3.34. The Bertz CT molecular complexity index is 401. The van der Waals surface area contributed by atoms with Crippen LogP contribution in [-0.2, 0) is 14.9 Å².